The van der Waals surface area contributed by atoms with Gasteiger partial charge in [0.2, 0.25) is 0 Å². The summed E-state index contributed by atoms with van der Waals surface area (Å²) in [4.78, 5) is 37.9. The van der Waals surface area contributed by atoms with Gasteiger partial charge in [0.15, 0.2) is 15.6 Å². The highest BCUT2D eigenvalue weighted by Crippen LogP contribution is 2.34. The molecule has 1 aliphatic rings. The van der Waals surface area contributed by atoms with Gasteiger partial charge in [-0.25, -0.2) is 15.0 Å². The van der Waals surface area contributed by atoms with Crippen LogP contribution in [0.15, 0.2) is 30.7 Å². The van der Waals surface area contributed by atoms with Crippen LogP contribution in [0.4, 0.5) is 10.9 Å². The lowest BCUT2D eigenvalue weighted by atomic mass is 10.0. The maximum Gasteiger partial charge on any atom is 0.259 e. The Labute approximate surface area is 210 Å². The Morgan fingerprint density at radius 3 is 2.71 bits per heavy atom. The van der Waals surface area contributed by atoms with E-state index in [1.807, 2.05) is 6.92 Å². The van der Waals surface area contributed by atoms with Crippen LogP contribution in [0.1, 0.15) is 28.9 Å². The minimum atomic E-state index is -0.383. The fraction of sp³-hybridized carbons (Fsp3) is 0.304. The average molecular weight is 512 g/mol. The van der Waals surface area contributed by atoms with Crippen LogP contribution in [0.3, 0.4) is 0 Å². The first kappa shape index (κ1) is 23.3. The Bertz CT molecular complexity index is 1410. The van der Waals surface area contributed by atoms with Gasteiger partial charge in [-0.15, -0.1) is 0 Å². The van der Waals surface area contributed by atoms with Crippen molar-refractivity contribution in [3.8, 4) is 16.9 Å². The number of aromatic nitrogens is 5. The number of piperidine rings is 1. The molecule has 0 spiro atoms. The topological polar surface area (TPSA) is 126 Å². The van der Waals surface area contributed by atoms with Crippen molar-refractivity contribution in [2.45, 2.75) is 25.9 Å². The van der Waals surface area contributed by atoms with E-state index in [1.165, 1.54) is 30.8 Å². The minimum absolute atomic E-state index is 0.266. The molecular weight excluding hydrogens is 490 g/mol. The minimum Gasteiger partial charge on any atom is -0.494 e. The van der Waals surface area contributed by atoms with Crippen LogP contribution in [0.25, 0.3) is 21.6 Å². The summed E-state index contributed by atoms with van der Waals surface area (Å²) in [5.41, 5.74) is 2.77. The van der Waals surface area contributed by atoms with Crippen LogP contribution in [0.2, 0.25) is 5.15 Å². The molecule has 12 heteroatoms. The highest BCUT2D eigenvalue weighted by molar-refractivity contribution is 7.21. The van der Waals surface area contributed by atoms with Gasteiger partial charge >= 0.3 is 0 Å². The molecule has 1 aliphatic heterocycles. The number of halogens is 1. The molecule has 4 aromatic rings. The van der Waals surface area contributed by atoms with E-state index in [0.29, 0.717) is 50.9 Å². The molecule has 35 heavy (non-hydrogen) atoms. The summed E-state index contributed by atoms with van der Waals surface area (Å²) in [5.74, 6) is 0.838. The number of pyridine rings is 2. The number of methoxy groups -OCH3 is 1. The van der Waals surface area contributed by atoms with Crippen LogP contribution in [0.5, 0.6) is 5.75 Å². The van der Waals surface area contributed by atoms with E-state index in [9.17, 15) is 9.90 Å². The number of amides is 1. The summed E-state index contributed by atoms with van der Waals surface area (Å²) in [7, 11) is 1.53. The predicted molar refractivity (Wildman–Crippen MR) is 134 cm³/mol. The number of hydrogen-bond donors (Lipinski definition) is 2. The third-order valence-corrected chi connectivity index (χ3v) is 6.81. The van der Waals surface area contributed by atoms with E-state index in [1.54, 1.807) is 18.3 Å². The maximum atomic E-state index is 13.3. The standard InChI is InChI=1S/C23H22ClN7O3S/c1-12-7-14(15-8-18(24)26-10-17(15)34-2)16(9-25-12)21(33)30-23-29-20-22(35-23)28-19(11-27-20)31-5-3-13(32)4-6-31/h7-11,13,32H,3-6H2,1-2H3,(H,27,29,30,33). The zero-order valence-corrected chi connectivity index (χ0v) is 20.6. The first-order valence-corrected chi connectivity index (χ1v) is 12.1. The van der Waals surface area contributed by atoms with Crippen LogP contribution < -0.4 is 15.0 Å². The third kappa shape index (κ3) is 4.88. The van der Waals surface area contributed by atoms with Gasteiger partial charge in [0.25, 0.3) is 5.91 Å². The van der Waals surface area contributed by atoms with Gasteiger partial charge in [-0.05, 0) is 31.9 Å². The van der Waals surface area contributed by atoms with Crippen molar-refractivity contribution in [2.24, 2.45) is 0 Å². The van der Waals surface area contributed by atoms with Crippen LogP contribution in [0, 0.1) is 6.92 Å². The van der Waals surface area contributed by atoms with E-state index >= 15 is 0 Å². The Kier molecular flexibility index (Phi) is 6.46. The smallest absolute Gasteiger partial charge is 0.259 e. The summed E-state index contributed by atoms with van der Waals surface area (Å²) in [6.45, 7) is 3.27. The number of anilines is 2. The molecule has 0 unspecified atom stereocenters. The molecular formula is C23H22ClN7O3S. The normalized spacial score (nSPS) is 14.3. The molecule has 180 valence electrons. The van der Waals surface area contributed by atoms with Crippen LogP contribution >= 0.6 is 22.9 Å². The van der Waals surface area contributed by atoms with Crippen LogP contribution in [-0.2, 0) is 0 Å². The number of fused-ring (bicyclic) bond motifs is 1. The van der Waals surface area contributed by atoms with Gasteiger partial charge in [-0.3, -0.25) is 15.1 Å². The number of carbonyl (C=O) groups is 1. The summed E-state index contributed by atoms with van der Waals surface area (Å²) in [6, 6.07) is 3.45. The van der Waals surface area contributed by atoms with Gasteiger partial charge in [-0.1, -0.05) is 22.9 Å². The zero-order chi connectivity index (χ0) is 24.5. The number of aliphatic hydroxyl groups is 1. The molecule has 1 amide bonds. The molecule has 1 fully saturated rings. The molecule has 0 bridgehead atoms. The van der Waals surface area contributed by atoms with Gasteiger partial charge in [0, 0.05) is 36.1 Å². The first-order chi connectivity index (χ1) is 16.9. The number of nitrogens with one attached hydrogen (secondary N) is 1. The number of nitrogens with zero attached hydrogens (tertiary/aromatic N) is 6. The number of rotatable bonds is 5. The third-order valence-electron chi connectivity index (χ3n) is 5.75. The Morgan fingerprint density at radius 1 is 1.14 bits per heavy atom. The molecule has 0 atom stereocenters. The lowest BCUT2D eigenvalue weighted by molar-refractivity contribution is 0.102. The van der Waals surface area contributed by atoms with Gasteiger partial charge < -0.3 is 14.7 Å². The Hall–Kier alpha value is -3.41. The number of ether oxygens (including phenoxy) is 1. The second kappa shape index (κ2) is 9.68. The van der Waals surface area contributed by atoms with Crippen molar-refractivity contribution < 1.29 is 14.6 Å². The van der Waals surface area contributed by atoms with Crippen molar-refractivity contribution >= 4 is 50.3 Å². The van der Waals surface area contributed by atoms with E-state index in [4.69, 9.17) is 16.3 Å². The fourth-order valence-electron chi connectivity index (χ4n) is 3.93. The number of thiazole rings is 1. The van der Waals surface area contributed by atoms with E-state index in [-0.39, 0.29) is 17.2 Å². The Balaban J connectivity index is 1.43. The molecule has 2 N–H and O–H groups in total. The van der Waals surface area contributed by atoms with Gasteiger partial charge in [0.1, 0.15) is 16.7 Å². The van der Waals surface area contributed by atoms with Crippen LogP contribution in [-0.4, -0.2) is 62.2 Å². The summed E-state index contributed by atoms with van der Waals surface area (Å²) in [6.07, 6.45) is 5.83. The van der Waals surface area contributed by atoms with Crippen molar-refractivity contribution in [2.75, 3.05) is 30.4 Å². The lowest BCUT2D eigenvalue weighted by Gasteiger charge is -2.30. The fourth-order valence-corrected chi connectivity index (χ4v) is 4.88. The lowest BCUT2D eigenvalue weighted by Crippen LogP contribution is -2.36. The number of carbonyl (C=O) groups excluding carboxylic acids is 1. The average Bonchev–Trinajstić information content (AvgIpc) is 3.25. The number of hydrogen-bond acceptors (Lipinski definition) is 10. The summed E-state index contributed by atoms with van der Waals surface area (Å²) >= 11 is 7.37. The van der Waals surface area contributed by atoms with E-state index < -0.39 is 0 Å². The highest BCUT2D eigenvalue weighted by Gasteiger charge is 2.21. The number of aliphatic hydroxyl groups excluding tert-OH is 1. The Morgan fingerprint density at radius 2 is 1.94 bits per heavy atom. The van der Waals surface area contributed by atoms with Crippen molar-refractivity contribution in [3.05, 3.63) is 47.1 Å². The molecule has 4 aromatic heterocycles. The van der Waals surface area contributed by atoms with Crippen molar-refractivity contribution in [3.63, 3.8) is 0 Å². The molecule has 5 heterocycles. The molecule has 0 aliphatic carbocycles. The second-order valence-corrected chi connectivity index (χ2v) is 9.49. The largest absolute Gasteiger partial charge is 0.494 e. The SMILES string of the molecule is COc1cnc(Cl)cc1-c1cc(C)ncc1C(=O)Nc1nc2ncc(N3CCC(O)CC3)nc2s1. The summed E-state index contributed by atoms with van der Waals surface area (Å²) in [5, 5.41) is 13.3. The maximum absolute atomic E-state index is 13.3. The highest BCUT2D eigenvalue weighted by atomic mass is 35.5. The van der Waals surface area contributed by atoms with Gasteiger partial charge in [0.05, 0.1) is 31.2 Å². The van der Waals surface area contributed by atoms with Gasteiger partial charge in [-0.2, -0.15) is 4.98 Å². The van der Waals surface area contributed by atoms with Crippen molar-refractivity contribution in [1.29, 1.82) is 0 Å². The molecule has 0 aromatic carbocycles. The van der Waals surface area contributed by atoms with E-state index in [2.05, 4.69) is 35.1 Å². The van der Waals surface area contributed by atoms with E-state index in [0.717, 1.165) is 24.6 Å². The molecule has 1 saturated heterocycles. The second-order valence-electron chi connectivity index (χ2n) is 8.13. The zero-order valence-electron chi connectivity index (χ0n) is 19.0. The molecule has 10 nitrogen and oxygen atoms in total. The molecule has 0 saturated carbocycles. The molecule has 5 rings (SSSR count). The quantitative estimate of drug-likeness (QED) is 0.385. The first-order valence-electron chi connectivity index (χ1n) is 11.0. The predicted octanol–water partition coefficient (Wildman–Crippen LogP) is 3.73. The monoisotopic (exact) mass is 511 g/mol. The molecule has 0 radical (unpaired) electrons. The number of aryl methyl sites for hydroxylation is 1. The summed E-state index contributed by atoms with van der Waals surface area (Å²) < 4.78 is 5.44. The van der Waals surface area contributed by atoms with Crippen molar-refractivity contribution in [1.82, 2.24) is 24.9 Å².